The molecule has 16 heavy (non-hydrogen) atoms. The fourth-order valence-corrected chi connectivity index (χ4v) is 2.52. The van der Waals surface area contributed by atoms with Gasteiger partial charge in [0.25, 0.3) is 0 Å². The standard InChI is InChI=1S/C13H21NO2/c1-3-5-9-14-10-6-8-13(11-14,7-4-2)12(15)16/h4,6-11H2,1-2H3,(H,15,16). The topological polar surface area (TPSA) is 40.5 Å². The largest absolute Gasteiger partial charge is 0.481 e. The van der Waals surface area contributed by atoms with Gasteiger partial charge < -0.3 is 5.11 Å². The molecule has 0 spiro atoms. The monoisotopic (exact) mass is 223 g/mol. The highest BCUT2D eigenvalue weighted by Crippen LogP contribution is 2.34. The van der Waals surface area contributed by atoms with Gasteiger partial charge in [-0.1, -0.05) is 19.3 Å². The van der Waals surface area contributed by atoms with Crippen molar-refractivity contribution in [1.29, 1.82) is 0 Å². The number of hydrogen-bond acceptors (Lipinski definition) is 2. The van der Waals surface area contributed by atoms with Crippen molar-refractivity contribution in [2.45, 2.75) is 39.5 Å². The molecule has 0 aromatic heterocycles. The molecule has 0 amide bonds. The number of carbonyl (C=O) groups is 1. The lowest BCUT2D eigenvalue weighted by atomic mass is 9.76. The predicted molar refractivity (Wildman–Crippen MR) is 64.1 cm³/mol. The molecule has 0 bridgehead atoms. The van der Waals surface area contributed by atoms with E-state index in [2.05, 4.69) is 23.7 Å². The molecule has 3 heteroatoms. The van der Waals surface area contributed by atoms with E-state index in [1.807, 2.05) is 6.92 Å². The van der Waals surface area contributed by atoms with Crippen molar-refractivity contribution in [1.82, 2.24) is 4.90 Å². The molecule has 0 radical (unpaired) electrons. The summed E-state index contributed by atoms with van der Waals surface area (Å²) in [5.74, 6) is 5.25. The van der Waals surface area contributed by atoms with E-state index in [0.29, 0.717) is 13.1 Å². The summed E-state index contributed by atoms with van der Waals surface area (Å²) < 4.78 is 0. The second-order valence-corrected chi connectivity index (χ2v) is 4.58. The van der Waals surface area contributed by atoms with Gasteiger partial charge in [0.2, 0.25) is 0 Å². The number of aliphatic carboxylic acids is 1. The highest BCUT2D eigenvalue weighted by atomic mass is 16.4. The predicted octanol–water partition coefficient (Wildman–Crippen LogP) is 1.98. The highest BCUT2D eigenvalue weighted by Gasteiger charge is 2.41. The van der Waals surface area contributed by atoms with E-state index in [-0.39, 0.29) is 0 Å². The average molecular weight is 223 g/mol. The fourth-order valence-electron chi connectivity index (χ4n) is 2.52. The third-order valence-corrected chi connectivity index (χ3v) is 3.32. The van der Waals surface area contributed by atoms with Crippen LogP contribution in [0.5, 0.6) is 0 Å². The Hall–Kier alpha value is -1.01. The second-order valence-electron chi connectivity index (χ2n) is 4.58. The number of carboxylic acids is 1. The molecule has 1 aliphatic rings. The van der Waals surface area contributed by atoms with Crippen molar-refractivity contribution in [3.63, 3.8) is 0 Å². The van der Waals surface area contributed by atoms with Crippen LogP contribution >= 0.6 is 0 Å². The number of carboxylic acid groups (broad SMARTS) is 1. The summed E-state index contributed by atoms with van der Waals surface area (Å²) in [6.07, 6.45) is 3.49. The summed E-state index contributed by atoms with van der Waals surface area (Å²) in [7, 11) is 0. The summed E-state index contributed by atoms with van der Waals surface area (Å²) >= 11 is 0. The molecule has 0 aromatic carbocycles. The van der Waals surface area contributed by atoms with Crippen LogP contribution in [0.4, 0.5) is 0 Å². The maximum atomic E-state index is 11.4. The van der Waals surface area contributed by atoms with E-state index >= 15 is 0 Å². The van der Waals surface area contributed by atoms with Crippen LogP contribution in [-0.2, 0) is 4.79 Å². The summed E-state index contributed by atoms with van der Waals surface area (Å²) in [5, 5.41) is 9.40. The third kappa shape index (κ3) is 2.99. The normalized spacial score (nSPS) is 25.9. The molecule has 90 valence electrons. The van der Waals surface area contributed by atoms with Crippen molar-refractivity contribution in [2.24, 2.45) is 5.41 Å². The first-order chi connectivity index (χ1) is 7.64. The van der Waals surface area contributed by atoms with E-state index in [1.165, 1.54) is 0 Å². The molecule has 1 atom stereocenters. The number of rotatable bonds is 4. The van der Waals surface area contributed by atoms with Crippen molar-refractivity contribution >= 4 is 5.97 Å². The minimum absolute atomic E-state index is 0.525. The van der Waals surface area contributed by atoms with E-state index < -0.39 is 11.4 Å². The first-order valence-electron chi connectivity index (χ1n) is 6.00. The van der Waals surface area contributed by atoms with Gasteiger partial charge >= 0.3 is 5.97 Å². The zero-order valence-electron chi connectivity index (χ0n) is 10.3. The lowest BCUT2D eigenvalue weighted by Gasteiger charge is -2.39. The Morgan fingerprint density at radius 2 is 2.31 bits per heavy atom. The van der Waals surface area contributed by atoms with Crippen LogP contribution in [-0.4, -0.2) is 35.6 Å². The van der Waals surface area contributed by atoms with Crippen LogP contribution in [0.2, 0.25) is 0 Å². The summed E-state index contributed by atoms with van der Waals surface area (Å²) in [5.41, 5.74) is -0.525. The molecule has 0 aromatic rings. The Morgan fingerprint density at radius 1 is 1.56 bits per heavy atom. The maximum Gasteiger partial charge on any atom is 0.310 e. The van der Waals surface area contributed by atoms with Crippen molar-refractivity contribution in [3.05, 3.63) is 0 Å². The van der Waals surface area contributed by atoms with Crippen LogP contribution in [0.3, 0.4) is 0 Å². The van der Waals surface area contributed by atoms with Crippen LogP contribution < -0.4 is 0 Å². The average Bonchev–Trinajstić information content (AvgIpc) is 2.27. The van der Waals surface area contributed by atoms with Gasteiger partial charge in [-0.15, -0.1) is 5.92 Å². The molecule has 1 aliphatic heterocycles. The zero-order valence-corrected chi connectivity index (χ0v) is 10.3. The first-order valence-corrected chi connectivity index (χ1v) is 6.00. The van der Waals surface area contributed by atoms with E-state index in [1.54, 1.807) is 0 Å². The van der Waals surface area contributed by atoms with Crippen molar-refractivity contribution in [2.75, 3.05) is 19.6 Å². The summed E-state index contributed by atoms with van der Waals surface area (Å²) in [4.78, 5) is 13.6. The van der Waals surface area contributed by atoms with Gasteiger partial charge in [0.1, 0.15) is 0 Å². The Balaban J connectivity index is 2.69. The number of nitrogens with zero attached hydrogens (tertiary/aromatic N) is 1. The molecule has 0 aliphatic carbocycles. The number of likely N-dealkylation sites (tertiary alicyclic amines) is 1. The molecule has 0 saturated carbocycles. The molecular weight excluding hydrogens is 202 g/mol. The Kier molecular flexibility index (Phi) is 4.82. The molecule has 1 rings (SSSR count). The molecule has 1 heterocycles. The minimum Gasteiger partial charge on any atom is -0.481 e. The van der Waals surface area contributed by atoms with E-state index in [9.17, 15) is 9.90 Å². The first kappa shape index (κ1) is 13.1. The second kappa shape index (κ2) is 5.91. The zero-order chi connectivity index (χ0) is 12.0. The highest BCUT2D eigenvalue weighted by molar-refractivity contribution is 5.75. The lowest BCUT2D eigenvalue weighted by molar-refractivity contribution is -0.153. The van der Waals surface area contributed by atoms with Crippen molar-refractivity contribution < 1.29 is 9.90 Å². The SMILES string of the molecule is CC#CCN1CCCC(CCC)(C(=O)O)C1. The summed E-state index contributed by atoms with van der Waals surface area (Å²) in [6.45, 7) is 6.21. The van der Waals surface area contributed by atoms with Gasteiger partial charge in [-0.05, 0) is 32.7 Å². The molecule has 3 nitrogen and oxygen atoms in total. The smallest absolute Gasteiger partial charge is 0.310 e. The van der Waals surface area contributed by atoms with Crippen molar-refractivity contribution in [3.8, 4) is 11.8 Å². The van der Waals surface area contributed by atoms with E-state index in [4.69, 9.17) is 0 Å². The van der Waals surface area contributed by atoms with Gasteiger partial charge in [-0.3, -0.25) is 9.69 Å². The van der Waals surface area contributed by atoms with Crippen LogP contribution in [0.25, 0.3) is 0 Å². The third-order valence-electron chi connectivity index (χ3n) is 3.32. The van der Waals surface area contributed by atoms with Gasteiger partial charge in [0.15, 0.2) is 0 Å². The van der Waals surface area contributed by atoms with Gasteiger partial charge in [-0.2, -0.15) is 0 Å². The molecule has 1 fully saturated rings. The molecular formula is C13H21NO2. The lowest BCUT2D eigenvalue weighted by Crippen LogP contribution is -2.47. The molecule has 1 unspecified atom stereocenters. The number of hydrogen-bond donors (Lipinski definition) is 1. The van der Waals surface area contributed by atoms with Gasteiger partial charge in [0.05, 0.1) is 12.0 Å². The van der Waals surface area contributed by atoms with Crippen LogP contribution in [0.1, 0.15) is 39.5 Å². The summed E-state index contributed by atoms with van der Waals surface area (Å²) in [6, 6.07) is 0. The molecule has 1 N–H and O–H groups in total. The fraction of sp³-hybridized carbons (Fsp3) is 0.769. The van der Waals surface area contributed by atoms with Crippen LogP contribution in [0, 0.1) is 17.3 Å². The van der Waals surface area contributed by atoms with E-state index in [0.717, 1.165) is 32.2 Å². The Labute approximate surface area is 97.8 Å². The minimum atomic E-state index is -0.636. The Morgan fingerprint density at radius 3 is 2.88 bits per heavy atom. The number of piperidine rings is 1. The quantitative estimate of drug-likeness (QED) is 0.741. The van der Waals surface area contributed by atoms with Gasteiger partial charge in [0, 0.05) is 6.54 Å². The molecule has 1 saturated heterocycles. The maximum absolute atomic E-state index is 11.4. The van der Waals surface area contributed by atoms with Crippen LogP contribution in [0.15, 0.2) is 0 Å². The Bertz CT molecular complexity index is 299. The van der Waals surface area contributed by atoms with Gasteiger partial charge in [-0.25, -0.2) is 0 Å².